The number of allylic oxidation sites excluding steroid dienone is 2. The maximum atomic E-state index is 12.0. The Hall–Kier alpha value is -2.79. The van der Waals surface area contributed by atoms with Gasteiger partial charge in [-0.3, -0.25) is 14.9 Å². The van der Waals surface area contributed by atoms with Gasteiger partial charge in [0.1, 0.15) is 0 Å². The van der Waals surface area contributed by atoms with Gasteiger partial charge in [-0.15, -0.1) is 0 Å². The molecule has 1 fully saturated rings. The molecule has 0 atom stereocenters. The van der Waals surface area contributed by atoms with Crippen molar-refractivity contribution in [1.29, 1.82) is 0 Å². The largest absolute Gasteiger partial charge is 0.385 e. The van der Waals surface area contributed by atoms with E-state index < -0.39 is 0 Å². The highest BCUT2D eigenvalue weighted by atomic mass is 32.2. The second kappa shape index (κ2) is 8.86. The van der Waals surface area contributed by atoms with Crippen LogP contribution in [0.1, 0.15) is 63.3 Å². The molecule has 172 valence electrons. The van der Waals surface area contributed by atoms with Crippen LogP contribution in [0, 0.1) is 12.8 Å². The van der Waals surface area contributed by atoms with Crippen LogP contribution < -0.4 is 10.6 Å². The SMILES string of the molecule is CCNc1ccc(/C=C2/SC(=O)NC2=O)cc1-c1cc2c(cc1C)C(C)(C)CC=C2C(C)C. The molecule has 0 aromatic heterocycles. The number of amides is 2. The maximum Gasteiger partial charge on any atom is 0.290 e. The summed E-state index contributed by atoms with van der Waals surface area (Å²) in [6, 6.07) is 10.9. The van der Waals surface area contributed by atoms with E-state index in [1.807, 2.05) is 6.07 Å². The van der Waals surface area contributed by atoms with E-state index in [9.17, 15) is 9.59 Å². The molecule has 0 unspecified atom stereocenters. The Morgan fingerprint density at radius 1 is 1.12 bits per heavy atom. The summed E-state index contributed by atoms with van der Waals surface area (Å²) in [4.78, 5) is 24.1. The molecule has 0 saturated carbocycles. The first-order chi connectivity index (χ1) is 15.6. The molecule has 1 saturated heterocycles. The van der Waals surface area contributed by atoms with Gasteiger partial charge < -0.3 is 5.32 Å². The van der Waals surface area contributed by atoms with Crippen molar-refractivity contribution in [3.63, 3.8) is 0 Å². The second-order valence-electron chi connectivity index (χ2n) is 9.80. The Kier molecular flexibility index (Phi) is 6.28. The number of nitrogens with one attached hydrogen (secondary N) is 2. The molecule has 2 N–H and O–H groups in total. The number of carbonyl (C=O) groups is 2. The first-order valence-electron chi connectivity index (χ1n) is 11.6. The zero-order chi connectivity index (χ0) is 23.9. The van der Waals surface area contributed by atoms with Gasteiger partial charge in [0.2, 0.25) is 0 Å². The van der Waals surface area contributed by atoms with Crippen LogP contribution >= 0.6 is 11.8 Å². The summed E-state index contributed by atoms with van der Waals surface area (Å²) in [5.74, 6) is 0.122. The van der Waals surface area contributed by atoms with E-state index in [0.717, 1.165) is 41.5 Å². The first-order valence-corrected chi connectivity index (χ1v) is 12.4. The molecular weight excluding hydrogens is 428 g/mol. The smallest absolute Gasteiger partial charge is 0.290 e. The van der Waals surface area contributed by atoms with Gasteiger partial charge >= 0.3 is 0 Å². The van der Waals surface area contributed by atoms with Crippen molar-refractivity contribution >= 4 is 40.2 Å². The number of hydrogen-bond acceptors (Lipinski definition) is 4. The van der Waals surface area contributed by atoms with Crippen molar-refractivity contribution in [3.05, 3.63) is 63.6 Å². The molecular formula is C28H32N2O2S. The van der Waals surface area contributed by atoms with Gasteiger partial charge in [0.05, 0.1) is 4.91 Å². The molecule has 33 heavy (non-hydrogen) atoms. The Morgan fingerprint density at radius 3 is 2.52 bits per heavy atom. The molecule has 2 aromatic carbocycles. The summed E-state index contributed by atoms with van der Waals surface area (Å²) >= 11 is 0.948. The van der Waals surface area contributed by atoms with Gasteiger partial charge in [-0.2, -0.15) is 0 Å². The van der Waals surface area contributed by atoms with Crippen molar-refractivity contribution in [2.75, 3.05) is 11.9 Å². The Morgan fingerprint density at radius 2 is 1.88 bits per heavy atom. The van der Waals surface area contributed by atoms with E-state index in [0.29, 0.717) is 10.8 Å². The third kappa shape index (κ3) is 4.51. The van der Waals surface area contributed by atoms with Crippen LogP contribution in [0.25, 0.3) is 22.8 Å². The fourth-order valence-electron chi connectivity index (χ4n) is 4.72. The average molecular weight is 461 g/mol. The van der Waals surface area contributed by atoms with Crippen molar-refractivity contribution < 1.29 is 9.59 Å². The highest BCUT2D eigenvalue weighted by Gasteiger charge is 2.30. The highest BCUT2D eigenvalue weighted by molar-refractivity contribution is 8.18. The number of rotatable bonds is 5. The van der Waals surface area contributed by atoms with E-state index in [1.54, 1.807) is 6.08 Å². The van der Waals surface area contributed by atoms with E-state index in [-0.39, 0.29) is 16.6 Å². The highest BCUT2D eigenvalue weighted by Crippen LogP contribution is 2.45. The Bertz CT molecular complexity index is 1200. The van der Waals surface area contributed by atoms with Crippen molar-refractivity contribution in [1.82, 2.24) is 5.32 Å². The molecule has 1 heterocycles. The van der Waals surface area contributed by atoms with Crippen molar-refractivity contribution in [3.8, 4) is 11.1 Å². The van der Waals surface area contributed by atoms with Crippen LogP contribution in [0.5, 0.6) is 0 Å². The predicted octanol–water partition coefficient (Wildman–Crippen LogP) is 7.14. The quantitative estimate of drug-likeness (QED) is 0.466. The van der Waals surface area contributed by atoms with Crippen LogP contribution in [0.2, 0.25) is 0 Å². The van der Waals surface area contributed by atoms with Gasteiger partial charge in [0, 0.05) is 17.8 Å². The Labute approximate surface area is 200 Å². The Balaban J connectivity index is 1.89. The molecule has 1 aliphatic carbocycles. The topological polar surface area (TPSA) is 58.2 Å². The minimum absolute atomic E-state index is 0.105. The summed E-state index contributed by atoms with van der Waals surface area (Å²) < 4.78 is 0. The van der Waals surface area contributed by atoms with Crippen molar-refractivity contribution in [2.24, 2.45) is 5.92 Å². The average Bonchev–Trinajstić information content (AvgIpc) is 3.06. The molecule has 0 bridgehead atoms. The lowest BCUT2D eigenvalue weighted by Gasteiger charge is -2.34. The van der Waals surface area contributed by atoms with E-state index >= 15 is 0 Å². The van der Waals surface area contributed by atoms with Crippen LogP contribution in [0.15, 0.2) is 41.3 Å². The fraction of sp³-hybridized carbons (Fsp3) is 0.357. The van der Waals surface area contributed by atoms with E-state index in [4.69, 9.17) is 0 Å². The summed E-state index contributed by atoms with van der Waals surface area (Å²) in [7, 11) is 0. The molecule has 5 heteroatoms. The number of carbonyl (C=O) groups excluding carboxylic acids is 2. The summed E-state index contributed by atoms with van der Waals surface area (Å²) in [6.45, 7) is 14.2. The normalized spacial score (nSPS) is 18.4. The molecule has 2 amide bonds. The standard InChI is InChI=1S/C28H32N2O2S/c1-7-29-24-9-8-18(14-25-26(31)30-27(32)33-25)13-22(24)20-15-21-19(16(2)3)10-11-28(5,6)23(21)12-17(20)4/h8-10,12-16,29H,7,11H2,1-6H3,(H,30,31,32)/b25-14+. The zero-order valence-corrected chi connectivity index (χ0v) is 21.1. The number of anilines is 1. The van der Waals surface area contributed by atoms with E-state index in [1.165, 1.54) is 27.8 Å². The molecule has 1 aliphatic heterocycles. The third-order valence-corrected chi connectivity index (χ3v) is 7.31. The van der Waals surface area contributed by atoms with Crippen molar-refractivity contribution in [2.45, 2.75) is 53.4 Å². The van der Waals surface area contributed by atoms with Gasteiger partial charge in [0.25, 0.3) is 11.1 Å². The number of thioether (sulfide) groups is 1. The molecule has 2 aromatic rings. The molecule has 0 spiro atoms. The zero-order valence-electron chi connectivity index (χ0n) is 20.3. The van der Waals surface area contributed by atoms with Gasteiger partial charge in [0.15, 0.2) is 0 Å². The van der Waals surface area contributed by atoms with Crippen LogP contribution in [-0.4, -0.2) is 17.7 Å². The second-order valence-corrected chi connectivity index (χ2v) is 10.8. The summed E-state index contributed by atoms with van der Waals surface area (Å²) in [5.41, 5.74) is 9.75. The number of fused-ring (bicyclic) bond motifs is 1. The lowest BCUT2D eigenvalue weighted by Crippen LogP contribution is -2.23. The lowest BCUT2D eigenvalue weighted by molar-refractivity contribution is -0.115. The lowest BCUT2D eigenvalue weighted by atomic mass is 9.70. The van der Waals surface area contributed by atoms with Gasteiger partial charge in [-0.25, -0.2) is 0 Å². The number of imide groups is 1. The summed E-state index contributed by atoms with van der Waals surface area (Å²) in [6.07, 6.45) is 5.25. The minimum Gasteiger partial charge on any atom is -0.385 e. The van der Waals surface area contributed by atoms with E-state index in [2.05, 4.69) is 82.5 Å². The molecule has 4 nitrogen and oxygen atoms in total. The first kappa shape index (κ1) is 23.4. The van der Waals surface area contributed by atoms with Crippen LogP contribution in [-0.2, 0) is 10.2 Å². The molecule has 0 radical (unpaired) electrons. The number of aryl methyl sites for hydroxylation is 1. The van der Waals surface area contributed by atoms with Gasteiger partial charge in [-0.05, 0) is 101 Å². The van der Waals surface area contributed by atoms with Crippen LogP contribution in [0.3, 0.4) is 0 Å². The number of benzene rings is 2. The summed E-state index contributed by atoms with van der Waals surface area (Å²) in [5, 5.41) is 5.50. The third-order valence-electron chi connectivity index (χ3n) is 6.50. The minimum atomic E-state index is -0.332. The molecule has 4 rings (SSSR count). The van der Waals surface area contributed by atoms with Gasteiger partial charge in [-0.1, -0.05) is 45.9 Å². The fourth-order valence-corrected chi connectivity index (χ4v) is 5.40. The number of hydrogen-bond donors (Lipinski definition) is 2. The molecule has 2 aliphatic rings. The monoisotopic (exact) mass is 460 g/mol. The predicted molar refractivity (Wildman–Crippen MR) is 140 cm³/mol. The van der Waals surface area contributed by atoms with Crippen LogP contribution in [0.4, 0.5) is 10.5 Å². The maximum absolute atomic E-state index is 12.0.